The second-order valence-corrected chi connectivity index (χ2v) is 6.20. The first kappa shape index (κ1) is 15.7. The number of carbonyl (C=O) groups is 1. The standard InChI is InChI=1S/C19H23N3O/c1-14(18(20)16-6-3-2-4-7-16)19(23)22-13-5-8-17(22)15-9-11-21-12-10-15/h2-4,6-7,9-12,14,17-18H,5,8,13,20H2,1H3/t14-,17+,18+/m0/s1. The van der Waals surface area contributed by atoms with Gasteiger partial charge in [0, 0.05) is 25.0 Å². The first-order valence-electron chi connectivity index (χ1n) is 8.19. The van der Waals surface area contributed by atoms with Crippen molar-refractivity contribution in [3.8, 4) is 0 Å². The molecule has 1 fully saturated rings. The zero-order valence-corrected chi connectivity index (χ0v) is 13.4. The topological polar surface area (TPSA) is 59.2 Å². The highest BCUT2D eigenvalue weighted by molar-refractivity contribution is 5.80. The molecule has 0 aliphatic carbocycles. The van der Waals surface area contributed by atoms with Gasteiger partial charge in [0.05, 0.1) is 12.0 Å². The molecule has 1 aliphatic rings. The van der Waals surface area contributed by atoms with E-state index in [1.165, 1.54) is 0 Å². The Bertz CT molecular complexity index is 644. The highest BCUT2D eigenvalue weighted by atomic mass is 16.2. The van der Waals surface area contributed by atoms with Gasteiger partial charge in [-0.25, -0.2) is 0 Å². The van der Waals surface area contributed by atoms with Crippen molar-refractivity contribution in [2.45, 2.75) is 31.8 Å². The van der Waals surface area contributed by atoms with Gasteiger partial charge in [-0.15, -0.1) is 0 Å². The van der Waals surface area contributed by atoms with Gasteiger partial charge in [-0.1, -0.05) is 37.3 Å². The molecule has 4 nitrogen and oxygen atoms in total. The number of nitrogens with two attached hydrogens (primary N) is 1. The fourth-order valence-electron chi connectivity index (χ4n) is 3.34. The van der Waals surface area contributed by atoms with E-state index in [-0.39, 0.29) is 23.9 Å². The lowest BCUT2D eigenvalue weighted by molar-refractivity contribution is -0.136. The van der Waals surface area contributed by atoms with Crippen molar-refractivity contribution in [2.75, 3.05) is 6.54 Å². The smallest absolute Gasteiger partial charge is 0.227 e. The summed E-state index contributed by atoms with van der Waals surface area (Å²) < 4.78 is 0. The summed E-state index contributed by atoms with van der Waals surface area (Å²) in [6.45, 7) is 2.74. The molecule has 23 heavy (non-hydrogen) atoms. The minimum absolute atomic E-state index is 0.140. The SMILES string of the molecule is C[C@H](C(=O)N1CCC[C@@H]1c1ccncc1)[C@@H](N)c1ccccc1. The normalized spacial score (nSPS) is 20.3. The number of amides is 1. The molecule has 1 aliphatic heterocycles. The lowest BCUT2D eigenvalue weighted by Crippen LogP contribution is -2.39. The first-order chi connectivity index (χ1) is 11.2. The van der Waals surface area contributed by atoms with E-state index in [9.17, 15) is 4.79 Å². The van der Waals surface area contributed by atoms with Crippen LogP contribution in [0.4, 0.5) is 0 Å². The third kappa shape index (κ3) is 3.27. The van der Waals surface area contributed by atoms with Gasteiger partial charge in [-0.2, -0.15) is 0 Å². The summed E-state index contributed by atoms with van der Waals surface area (Å²) in [7, 11) is 0. The lowest BCUT2D eigenvalue weighted by Gasteiger charge is -2.30. The number of benzene rings is 1. The van der Waals surface area contributed by atoms with Crippen LogP contribution in [0.3, 0.4) is 0 Å². The van der Waals surface area contributed by atoms with Crippen LogP contribution in [0.1, 0.15) is 43.0 Å². The average Bonchev–Trinajstić information content (AvgIpc) is 3.11. The van der Waals surface area contributed by atoms with Crippen LogP contribution in [0.25, 0.3) is 0 Å². The Labute approximate surface area is 137 Å². The van der Waals surface area contributed by atoms with Gasteiger partial charge in [0.15, 0.2) is 0 Å². The molecule has 1 aromatic heterocycles. The van der Waals surface area contributed by atoms with Crippen molar-refractivity contribution in [3.63, 3.8) is 0 Å². The van der Waals surface area contributed by atoms with Crippen molar-refractivity contribution >= 4 is 5.91 Å². The van der Waals surface area contributed by atoms with Crippen LogP contribution in [0, 0.1) is 5.92 Å². The van der Waals surface area contributed by atoms with Gasteiger partial charge < -0.3 is 10.6 Å². The number of hydrogen-bond acceptors (Lipinski definition) is 3. The quantitative estimate of drug-likeness (QED) is 0.944. The fourth-order valence-corrected chi connectivity index (χ4v) is 3.34. The second kappa shape index (κ2) is 6.92. The molecule has 120 valence electrons. The van der Waals surface area contributed by atoms with E-state index in [0.717, 1.165) is 30.5 Å². The van der Waals surface area contributed by atoms with Gasteiger partial charge in [-0.05, 0) is 36.1 Å². The zero-order valence-electron chi connectivity index (χ0n) is 13.4. The Morgan fingerprint density at radius 2 is 1.91 bits per heavy atom. The Kier molecular flexibility index (Phi) is 4.72. The summed E-state index contributed by atoms with van der Waals surface area (Å²) in [6, 6.07) is 13.7. The van der Waals surface area contributed by atoms with Gasteiger partial charge >= 0.3 is 0 Å². The lowest BCUT2D eigenvalue weighted by atomic mass is 9.93. The second-order valence-electron chi connectivity index (χ2n) is 6.20. The average molecular weight is 309 g/mol. The highest BCUT2D eigenvalue weighted by Crippen LogP contribution is 2.34. The van der Waals surface area contributed by atoms with Crippen LogP contribution < -0.4 is 5.73 Å². The molecule has 0 saturated carbocycles. The molecule has 0 bridgehead atoms. The molecule has 2 heterocycles. The molecule has 0 unspecified atom stereocenters. The number of carbonyl (C=O) groups excluding carboxylic acids is 1. The predicted molar refractivity (Wildman–Crippen MR) is 90.5 cm³/mol. The largest absolute Gasteiger partial charge is 0.335 e. The Morgan fingerprint density at radius 3 is 2.61 bits per heavy atom. The van der Waals surface area contributed by atoms with Gasteiger partial charge in [-0.3, -0.25) is 9.78 Å². The Hall–Kier alpha value is -2.20. The first-order valence-corrected chi connectivity index (χ1v) is 8.19. The van der Waals surface area contributed by atoms with E-state index >= 15 is 0 Å². The van der Waals surface area contributed by atoms with Crippen molar-refractivity contribution in [1.29, 1.82) is 0 Å². The summed E-state index contributed by atoms with van der Waals surface area (Å²) in [5.74, 6) is -0.0968. The molecule has 3 rings (SSSR count). The third-order valence-electron chi connectivity index (χ3n) is 4.74. The highest BCUT2D eigenvalue weighted by Gasteiger charge is 2.34. The molecule has 1 amide bonds. The van der Waals surface area contributed by atoms with Crippen LogP contribution in [0.15, 0.2) is 54.9 Å². The van der Waals surface area contributed by atoms with Crippen molar-refractivity contribution < 1.29 is 4.79 Å². The zero-order chi connectivity index (χ0) is 16.2. The molecule has 0 radical (unpaired) electrons. The number of rotatable bonds is 4. The van der Waals surface area contributed by atoms with Gasteiger partial charge in [0.25, 0.3) is 0 Å². The number of hydrogen-bond donors (Lipinski definition) is 1. The van der Waals surface area contributed by atoms with Crippen molar-refractivity contribution in [1.82, 2.24) is 9.88 Å². The van der Waals surface area contributed by atoms with Crippen LogP contribution in [0.5, 0.6) is 0 Å². The molecule has 3 atom stereocenters. The maximum atomic E-state index is 13.0. The van der Waals surface area contributed by atoms with Crippen LogP contribution in [-0.2, 0) is 4.79 Å². The molecule has 0 spiro atoms. The van der Waals surface area contributed by atoms with E-state index in [2.05, 4.69) is 4.98 Å². The minimum atomic E-state index is -0.276. The summed E-state index contributed by atoms with van der Waals surface area (Å²) in [5.41, 5.74) is 8.50. The number of likely N-dealkylation sites (tertiary alicyclic amines) is 1. The summed E-state index contributed by atoms with van der Waals surface area (Å²) >= 11 is 0. The monoisotopic (exact) mass is 309 g/mol. The van der Waals surface area contributed by atoms with Crippen LogP contribution >= 0.6 is 0 Å². The van der Waals surface area contributed by atoms with Gasteiger partial charge in [0.1, 0.15) is 0 Å². The predicted octanol–water partition coefficient (Wildman–Crippen LogP) is 3.08. The number of pyridine rings is 1. The Morgan fingerprint density at radius 1 is 1.22 bits per heavy atom. The van der Waals surface area contributed by atoms with E-state index in [4.69, 9.17) is 5.73 Å². The van der Waals surface area contributed by atoms with E-state index < -0.39 is 0 Å². The molecule has 1 saturated heterocycles. The van der Waals surface area contributed by atoms with Crippen LogP contribution in [0.2, 0.25) is 0 Å². The summed E-state index contributed by atoms with van der Waals surface area (Å²) in [6.07, 6.45) is 5.61. The van der Waals surface area contributed by atoms with E-state index in [1.54, 1.807) is 12.4 Å². The maximum Gasteiger partial charge on any atom is 0.227 e. The van der Waals surface area contributed by atoms with E-state index in [1.807, 2.05) is 54.3 Å². The molecular formula is C19H23N3O. The third-order valence-corrected chi connectivity index (χ3v) is 4.74. The molecule has 1 aromatic carbocycles. The van der Waals surface area contributed by atoms with Crippen molar-refractivity contribution in [2.24, 2.45) is 11.7 Å². The Balaban J connectivity index is 1.76. The van der Waals surface area contributed by atoms with Crippen LogP contribution in [-0.4, -0.2) is 22.3 Å². The van der Waals surface area contributed by atoms with Gasteiger partial charge in [0.2, 0.25) is 5.91 Å². The molecule has 2 N–H and O–H groups in total. The van der Waals surface area contributed by atoms with E-state index in [0.29, 0.717) is 0 Å². The number of aromatic nitrogens is 1. The van der Waals surface area contributed by atoms with Crippen molar-refractivity contribution in [3.05, 3.63) is 66.0 Å². The summed E-state index contributed by atoms with van der Waals surface area (Å²) in [4.78, 5) is 19.0. The number of nitrogens with zero attached hydrogens (tertiary/aromatic N) is 2. The fraction of sp³-hybridized carbons (Fsp3) is 0.368. The minimum Gasteiger partial charge on any atom is -0.335 e. The molecular weight excluding hydrogens is 286 g/mol. The molecule has 2 aromatic rings. The maximum absolute atomic E-state index is 13.0. The molecule has 4 heteroatoms. The summed E-state index contributed by atoms with van der Waals surface area (Å²) in [5, 5.41) is 0.